The molecule has 1 aliphatic rings. The molecule has 0 amide bonds. The highest BCUT2D eigenvalue weighted by Crippen LogP contribution is 2.19. The zero-order valence-corrected chi connectivity index (χ0v) is 9.44. The van der Waals surface area contributed by atoms with Crippen LogP contribution < -0.4 is 15.2 Å². The summed E-state index contributed by atoms with van der Waals surface area (Å²) in [5.41, 5.74) is 5.17. The minimum Gasteiger partial charge on any atom is -0.388 e. The van der Waals surface area contributed by atoms with Crippen molar-refractivity contribution in [1.29, 1.82) is 5.41 Å². The van der Waals surface area contributed by atoms with Gasteiger partial charge in [-0.25, -0.2) is 4.72 Å². The van der Waals surface area contributed by atoms with E-state index < -0.39 is 10.2 Å². The Kier molecular flexibility index (Phi) is 4.49. The Hall–Kier alpha value is -0.660. The molecule has 7 heteroatoms. The number of unbranched alkanes of at least 4 members (excludes halogenated alkanes) is 1. The van der Waals surface area contributed by atoms with Crippen LogP contribution in [-0.4, -0.2) is 26.8 Å². The number of hydrogen-bond acceptors (Lipinski definition) is 3. The molecule has 15 heavy (non-hydrogen) atoms. The fourth-order valence-corrected chi connectivity index (χ4v) is 2.28. The second kappa shape index (κ2) is 5.43. The molecular formula is C8H18N4O2S. The van der Waals surface area contributed by atoms with E-state index in [1.807, 2.05) is 0 Å². The van der Waals surface area contributed by atoms with Gasteiger partial charge in [-0.15, -0.1) is 0 Å². The normalized spacial score (nSPS) is 16.5. The van der Waals surface area contributed by atoms with Gasteiger partial charge in [0.15, 0.2) is 0 Å². The minimum absolute atomic E-state index is 0.139. The molecule has 5 N–H and O–H groups in total. The molecule has 1 rings (SSSR count). The Balaban J connectivity index is 2.05. The first kappa shape index (κ1) is 12.4. The maximum absolute atomic E-state index is 11.3. The second-order valence-electron chi connectivity index (χ2n) is 3.77. The van der Waals surface area contributed by atoms with Gasteiger partial charge in [0.2, 0.25) is 0 Å². The van der Waals surface area contributed by atoms with E-state index in [-0.39, 0.29) is 11.9 Å². The third-order valence-electron chi connectivity index (χ3n) is 2.06. The van der Waals surface area contributed by atoms with Gasteiger partial charge in [-0.1, -0.05) is 0 Å². The summed E-state index contributed by atoms with van der Waals surface area (Å²) in [4.78, 5) is 0. The molecule has 0 saturated heterocycles. The van der Waals surface area contributed by atoms with Gasteiger partial charge in [0.25, 0.3) is 10.2 Å². The first-order valence-electron chi connectivity index (χ1n) is 5.09. The van der Waals surface area contributed by atoms with E-state index >= 15 is 0 Å². The van der Waals surface area contributed by atoms with Crippen LogP contribution in [0.4, 0.5) is 0 Å². The molecule has 6 nitrogen and oxygen atoms in total. The lowest BCUT2D eigenvalue weighted by molar-refractivity contribution is 0.562. The fourth-order valence-electron chi connectivity index (χ4n) is 1.11. The van der Waals surface area contributed by atoms with Crippen LogP contribution in [0.15, 0.2) is 0 Å². The summed E-state index contributed by atoms with van der Waals surface area (Å²) in [7, 11) is -3.30. The molecule has 0 aromatic rings. The molecule has 0 bridgehead atoms. The standard InChI is InChI=1S/C8H18N4O2S/c9-8(10)3-1-2-6-11-15(13,14)12-7-4-5-7/h7,11-12H,1-6H2,(H3,9,10). The van der Waals surface area contributed by atoms with Crippen molar-refractivity contribution in [2.45, 2.75) is 38.1 Å². The highest BCUT2D eigenvalue weighted by Gasteiger charge is 2.26. The average molecular weight is 234 g/mol. The van der Waals surface area contributed by atoms with Gasteiger partial charge in [-0.3, -0.25) is 5.41 Å². The van der Waals surface area contributed by atoms with Crippen LogP contribution in [0.3, 0.4) is 0 Å². The third-order valence-corrected chi connectivity index (χ3v) is 3.29. The first-order valence-corrected chi connectivity index (χ1v) is 6.58. The maximum atomic E-state index is 11.3. The molecule has 0 heterocycles. The SMILES string of the molecule is N=C(N)CCCCNS(=O)(=O)NC1CC1. The van der Waals surface area contributed by atoms with Crippen LogP contribution in [0.1, 0.15) is 32.1 Å². The van der Waals surface area contributed by atoms with Gasteiger partial charge < -0.3 is 5.73 Å². The highest BCUT2D eigenvalue weighted by molar-refractivity contribution is 7.87. The Bertz CT molecular complexity index is 311. The largest absolute Gasteiger partial charge is 0.388 e. The van der Waals surface area contributed by atoms with E-state index in [1.165, 1.54) is 0 Å². The van der Waals surface area contributed by atoms with E-state index in [4.69, 9.17) is 11.1 Å². The van der Waals surface area contributed by atoms with E-state index in [2.05, 4.69) is 9.44 Å². The summed E-state index contributed by atoms with van der Waals surface area (Å²) in [6, 6.07) is 0.139. The molecule has 0 aromatic carbocycles. The van der Waals surface area contributed by atoms with Gasteiger partial charge in [-0.05, 0) is 25.7 Å². The van der Waals surface area contributed by atoms with Crippen molar-refractivity contribution >= 4 is 16.0 Å². The van der Waals surface area contributed by atoms with E-state index in [9.17, 15) is 8.42 Å². The molecule has 1 aliphatic carbocycles. The quantitative estimate of drug-likeness (QED) is 0.262. The Morgan fingerprint density at radius 2 is 2.07 bits per heavy atom. The van der Waals surface area contributed by atoms with Crippen molar-refractivity contribution in [2.24, 2.45) is 5.73 Å². The summed E-state index contributed by atoms with van der Waals surface area (Å²) >= 11 is 0. The molecular weight excluding hydrogens is 216 g/mol. The van der Waals surface area contributed by atoms with Gasteiger partial charge in [0, 0.05) is 19.0 Å². The van der Waals surface area contributed by atoms with Crippen LogP contribution in [0, 0.1) is 5.41 Å². The molecule has 0 aliphatic heterocycles. The molecule has 0 spiro atoms. The van der Waals surface area contributed by atoms with Crippen LogP contribution in [0.25, 0.3) is 0 Å². The third kappa shape index (κ3) is 6.43. The van der Waals surface area contributed by atoms with Gasteiger partial charge >= 0.3 is 0 Å². The molecule has 0 aromatic heterocycles. The summed E-state index contributed by atoms with van der Waals surface area (Å²) in [5, 5.41) is 6.98. The monoisotopic (exact) mass is 234 g/mol. The van der Waals surface area contributed by atoms with Crippen molar-refractivity contribution in [1.82, 2.24) is 9.44 Å². The van der Waals surface area contributed by atoms with E-state index in [1.54, 1.807) is 0 Å². The van der Waals surface area contributed by atoms with Gasteiger partial charge in [0.1, 0.15) is 0 Å². The molecule has 1 saturated carbocycles. The molecule has 88 valence electrons. The summed E-state index contributed by atoms with van der Waals surface area (Å²) < 4.78 is 27.6. The number of rotatable bonds is 8. The predicted molar refractivity (Wildman–Crippen MR) is 58.8 cm³/mol. The predicted octanol–water partition coefficient (Wildman–Crippen LogP) is -0.321. The summed E-state index contributed by atoms with van der Waals surface area (Å²) in [6.45, 7) is 0.398. The molecule has 0 unspecified atom stereocenters. The van der Waals surface area contributed by atoms with Crippen molar-refractivity contribution in [3.8, 4) is 0 Å². The van der Waals surface area contributed by atoms with Crippen LogP contribution in [-0.2, 0) is 10.2 Å². The van der Waals surface area contributed by atoms with E-state index in [0.717, 1.165) is 19.3 Å². The molecule has 0 atom stereocenters. The van der Waals surface area contributed by atoms with Crippen LogP contribution >= 0.6 is 0 Å². The number of hydrogen-bond donors (Lipinski definition) is 4. The zero-order valence-electron chi connectivity index (χ0n) is 8.62. The average Bonchev–Trinajstić information content (AvgIpc) is 2.86. The zero-order chi connectivity index (χ0) is 11.3. The lowest BCUT2D eigenvalue weighted by atomic mass is 10.2. The van der Waals surface area contributed by atoms with Crippen molar-refractivity contribution in [3.05, 3.63) is 0 Å². The van der Waals surface area contributed by atoms with Gasteiger partial charge in [0.05, 0.1) is 5.84 Å². The highest BCUT2D eigenvalue weighted by atomic mass is 32.2. The smallest absolute Gasteiger partial charge is 0.277 e. The maximum Gasteiger partial charge on any atom is 0.277 e. The Morgan fingerprint density at radius 1 is 1.40 bits per heavy atom. The minimum atomic E-state index is -3.30. The number of amidine groups is 1. The van der Waals surface area contributed by atoms with E-state index in [0.29, 0.717) is 19.4 Å². The molecule has 0 radical (unpaired) electrons. The fraction of sp³-hybridized carbons (Fsp3) is 0.875. The summed E-state index contributed by atoms with van der Waals surface area (Å²) in [6.07, 6.45) is 3.83. The Morgan fingerprint density at radius 3 is 2.60 bits per heavy atom. The van der Waals surface area contributed by atoms with Crippen molar-refractivity contribution in [2.75, 3.05) is 6.54 Å². The van der Waals surface area contributed by atoms with Crippen LogP contribution in [0.5, 0.6) is 0 Å². The lowest BCUT2D eigenvalue weighted by Crippen LogP contribution is -2.38. The Labute approximate surface area is 90.3 Å². The first-order chi connectivity index (χ1) is 6.99. The molecule has 1 fully saturated rings. The number of nitrogens with one attached hydrogen (secondary N) is 3. The van der Waals surface area contributed by atoms with Gasteiger partial charge in [-0.2, -0.15) is 13.1 Å². The van der Waals surface area contributed by atoms with Crippen molar-refractivity contribution < 1.29 is 8.42 Å². The lowest BCUT2D eigenvalue weighted by Gasteiger charge is -2.06. The number of nitrogens with two attached hydrogens (primary N) is 1. The van der Waals surface area contributed by atoms with Crippen molar-refractivity contribution in [3.63, 3.8) is 0 Å². The van der Waals surface area contributed by atoms with Crippen LogP contribution in [0.2, 0.25) is 0 Å². The topological polar surface area (TPSA) is 108 Å². The second-order valence-corrected chi connectivity index (χ2v) is 5.30. The summed E-state index contributed by atoms with van der Waals surface area (Å²) in [5.74, 6) is 0.147.